The molecule has 0 fully saturated rings. The second-order valence-corrected chi connectivity index (χ2v) is 4.03. The van der Waals surface area contributed by atoms with Crippen LogP contribution in [0.4, 0.5) is 0 Å². The Kier molecular flexibility index (Phi) is 2.79. The number of hydrogen-bond acceptors (Lipinski definition) is 2. The van der Waals surface area contributed by atoms with Crippen LogP contribution in [-0.4, -0.2) is 15.8 Å². The molecule has 82 valence electrons. The summed E-state index contributed by atoms with van der Waals surface area (Å²) in [5.74, 6) is 0.774. The fraction of sp³-hybridized carbons (Fsp3) is 0.167. The molecule has 1 heterocycles. The number of imidazole rings is 1. The van der Waals surface area contributed by atoms with Crippen molar-refractivity contribution >= 4 is 17.9 Å². The summed E-state index contributed by atoms with van der Waals surface area (Å²) in [6.07, 6.45) is 0.821. The van der Waals surface area contributed by atoms with Crippen molar-refractivity contribution in [1.29, 1.82) is 0 Å². The van der Waals surface area contributed by atoms with Gasteiger partial charge in [-0.15, -0.1) is 0 Å². The lowest BCUT2D eigenvalue weighted by atomic mass is 10.2. The zero-order valence-electron chi connectivity index (χ0n) is 9.07. The Morgan fingerprint density at radius 1 is 1.31 bits per heavy atom. The number of carbonyl (C=O) groups excluding carboxylic acids is 1. The summed E-state index contributed by atoms with van der Waals surface area (Å²) in [7, 11) is 1.83. The summed E-state index contributed by atoms with van der Waals surface area (Å²) in [6.45, 7) is 1.82. The minimum Gasteiger partial charge on any atom is -0.325 e. The molecule has 0 aliphatic heterocycles. The van der Waals surface area contributed by atoms with E-state index in [0.29, 0.717) is 10.7 Å². The Bertz CT molecular complexity index is 529. The summed E-state index contributed by atoms with van der Waals surface area (Å²) >= 11 is 5.82. The van der Waals surface area contributed by atoms with E-state index in [-0.39, 0.29) is 0 Å². The number of aryl methyl sites for hydroxylation is 1. The van der Waals surface area contributed by atoms with E-state index >= 15 is 0 Å². The second kappa shape index (κ2) is 4.10. The standard InChI is InChI=1S/C12H11ClN2O/c1-8-11(7-16)15(2)12(14-8)9-3-5-10(13)6-4-9/h3-7H,1-2H3. The number of aldehydes is 1. The maximum atomic E-state index is 10.9. The van der Waals surface area contributed by atoms with Crippen molar-refractivity contribution in [2.75, 3.05) is 0 Å². The van der Waals surface area contributed by atoms with Crippen LogP contribution in [0.15, 0.2) is 24.3 Å². The fourth-order valence-corrected chi connectivity index (χ4v) is 1.80. The van der Waals surface area contributed by atoms with Crippen LogP contribution in [0, 0.1) is 6.92 Å². The molecule has 0 radical (unpaired) electrons. The van der Waals surface area contributed by atoms with E-state index in [0.717, 1.165) is 23.4 Å². The summed E-state index contributed by atoms with van der Waals surface area (Å²) in [5.41, 5.74) is 2.29. The predicted molar refractivity (Wildman–Crippen MR) is 63.8 cm³/mol. The van der Waals surface area contributed by atoms with Gasteiger partial charge < -0.3 is 4.57 Å². The van der Waals surface area contributed by atoms with Gasteiger partial charge in [0.1, 0.15) is 11.5 Å². The fourth-order valence-electron chi connectivity index (χ4n) is 1.67. The molecule has 0 bridgehead atoms. The van der Waals surface area contributed by atoms with Gasteiger partial charge >= 0.3 is 0 Å². The first kappa shape index (κ1) is 10.9. The van der Waals surface area contributed by atoms with Crippen molar-refractivity contribution in [3.05, 3.63) is 40.7 Å². The quantitative estimate of drug-likeness (QED) is 0.749. The van der Waals surface area contributed by atoms with Gasteiger partial charge in [-0.2, -0.15) is 0 Å². The first-order valence-electron chi connectivity index (χ1n) is 4.88. The van der Waals surface area contributed by atoms with Crippen LogP contribution in [0.5, 0.6) is 0 Å². The molecular weight excluding hydrogens is 224 g/mol. The maximum absolute atomic E-state index is 10.9. The molecule has 4 heteroatoms. The van der Waals surface area contributed by atoms with Gasteiger partial charge in [0.2, 0.25) is 0 Å². The van der Waals surface area contributed by atoms with Gasteiger partial charge in [0, 0.05) is 17.6 Å². The Morgan fingerprint density at radius 3 is 2.44 bits per heavy atom. The minimum absolute atomic E-state index is 0.602. The van der Waals surface area contributed by atoms with E-state index in [1.165, 1.54) is 0 Å². The van der Waals surface area contributed by atoms with Crippen LogP contribution in [0.25, 0.3) is 11.4 Å². The van der Waals surface area contributed by atoms with Crippen LogP contribution >= 0.6 is 11.6 Å². The molecule has 0 atom stereocenters. The average Bonchev–Trinajstić information content (AvgIpc) is 2.55. The Labute approximate surface area is 98.7 Å². The van der Waals surface area contributed by atoms with Gasteiger partial charge in [-0.3, -0.25) is 4.79 Å². The molecule has 1 aromatic heterocycles. The number of benzene rings is 1. The number of hydrogen-bond donors (Lipinski definition) is 0. The van der Waals surface area contributed by atoms with Gasteiger partial charge in [-0.05, 0) is 31.2 Å². The van der Waals surface area contributed by atoms with Crippen LogP contribution in [-0.2, 0) is 7.05 Å². The van der Waals surface area contributed by atoms with E-state index < -0.39 is 0 Å². The molecular formula is C12H11ClN2O. The summed E-state index contributed by atoms with van der Waals surface area (Å²) in [4.78, 5) is 15.2. The molecule has 16 heavy (non-hydrogen) atoms. The van der Waals surface area contributed by atoms with E-state index in [2.05, 4.69) is 4.98 Å². The molecule has 0 unspecified atom stereocenters. The third kappa shape index (κ3) is 1.74. The lowest BCUT2D eigenvalue weighted by molar-refractivity contribution is 0.111. The van der Waals surface area contributed by atoms with Crippen molar-refractivity contribution in [3.8, 4) is 11.4 Å². The number of carbonyl (C=O) groups is 1. The summed E-state index contributed by atoms with van der Waals surface area (Å²) in [6, 6.07) is 7.39. The van der Waals surface area contributed by atoms with Gasteiger partial charge in [0.05, 0.1) is 5.69 Å². The van der Waals surface area contributed by atoms with E-state index in [4.69, 9.17) is 11.6 Å². The van der Waals surface area contributed by atoms with Crippen molar-refractivity contribution in [2.45, 2.75) is 6.92 Å². The van der Waals surface area contributed by atoms with Crippen LogP contribution < -0.4 is 0 Å². The molecule has 3 nitrogen and oxygen atoms in total. The molecule has 0 aliphatic rings. The Morgan fingerprint density at radius 2 is 1.94 bits per heavy atom. The highest BCUT2D eigenvalue weighted by Gasteiger charge is 2.11. The lowest BCUT2D eigenvalue weighted by Crippen LogP contribution is -1.97. The van der Waals surface area contributed by atoms with Crippen LogP contribution in [0.3, 0.4) is 0 Å². The summed E-state index contributed by atoms with van der Waals surface area (Å²) < 4.78 is 1.78. The van der Waals surface area contributed by atoms with Gasteiger partial charge in [-0.25, -0.2) is 4.98 Å². The van der Waals surface area contributed by atoms with E-state index in [9.17, 15) is 4.79 Å². The number of aromatic nitrogens is 2. The number of rotatable bonds is 2. The first-order chi connectivity index (χ1) is 7.63. The zero-order valence-corrected chi connectivity index (χ0v) is 9.82. The van der Waals surface area contributed by atoms with Gasteiger partial charge in [0.15, 0.2) is 6.29 Å². The Balaban J connectivity index is 2.56. The van der Waals surface area contributed by atoms with Crippen molar-refractivity contribution in [2.24, 2.45) is 7.05 Å². The van der Waals surface area contributed by atoms with Crippen molar-refractivity contribution in [1.82, 2.24) is 9.55 Å². The second-order valence-electron chi connectivity index (χ2n) is 3.59. The largest absolute Gasteiger partial charge is 0.325 e. The summed E-state index contributed by atoms with van der Waals surface area (Å²) in [5, 5.41) is 0.685. The normalized spacial score (nSPS) is 10.4. The highest BCUT2D eigenvalue weighted by molar-refractivity contribution is 6.30. The van der Waals surface area contributed by atoms with Crippen LogP contribution in [0.2, 0.25) is 5.02 Å². The van der Waals surface area contributed by atoms with Crippen molar-refractivity contribution < 1.29 is 4.79 Å². The molecule has 0 N–H and O–H groups in total. The smallest absolute Gasteiger partial charge is 0.168 e. The third-order valence-corrected chi connectivity index (χ3v) is 2.79. The highest BCUT2D eigenvalue weighted by atomic mass is 35.5. The topological polar surface area (TPSA) is 34.9 Å². The van der Waals surface area contributed by atoms with Gasteiger partial charge in [0.25, 0.3) is 0 Å². The third-order valence-electron chi connectivity index (χ3n) is 2.54. The molecule has 0 saturated heterocycles. The Hall–Kier alpha value is -1.61. The molecule has 0 spiro atoms. The average molecular weight is 235 g/mol. The number of nitrogens with zero attached hydrogens (tertiary/aromatic N) is 2. The first-order valence-corrected chi connectivity index (χ1v) is 5.25. The van der Waals surface area contributed by atoms with Crippen molar-refractivity contribution in [3.63, 3.8) is 0 Å². The van der Waals surface area contributed by atoms with E-state index in [1.807, 2.05) is 38.2 Å². The molecule has 0 saturated carbocycles. The van der Waals surface area contributed by atoms with Crippen LogP contribution in [0.1, 0.15) is 16.2 Å². The molecule has 2 aromatic rings. The number of halogens is 1. The highest BCUT2D eigenvalue weighted by Crippen LogP contribution is 2.22. The maximum Gasteiger partial charge on any atom is 0.168 e. The monoisotopic (exact) mass is 234 g/mol. The SMILES string of the molecule is Cc1nc(-c2ccc(Cl)cc2)n(C)c1C=O. The molecule has 0 amide bonds. The predicted octanol–water partition coefficient (Wildman–Crippen LogP) is 2.86. The molecule has 1 aromatic carbocycles. The van der Waals surface area contributed by atoms with E-state index in [1.54, 1.807) is 4.57 Å². The zero-order chi connectivity index (χ0) is 11.7. The van der Waals surface area contributed by atoms with Gasteiger partial charge in [-0.1, -0.05) is 11.6 Å². The lowest BCUT2D eigenvalue weighted by Gasteiger charge is -2.02. The molecule has 2 rings (SSSR count). The molecule has 0 aliphatic carbocycles. The minimum atomic E-state index is 0.602.